The highest BCUT2D eigenvalue weighted by Gasteiger charge is 2.21. The van der Waals surface area contributed by atoms with Crippen molar-refractivity contribution in [2.45, 2.75) is 0 Å². The van der Waals surface area contributed by atoms with Gasteiger partial charge < -0.3 is 0 Å². The van der Waals surface area contributed by atoms with Crippen molar-refractivity contribution in [3.63, 3.8) is 0 Å². The molecule has 0 aliphatic carbocycles. The number of para-hydroxylation sites is 1. The van der Waals surface area contributed by atoms with Gasteiger partial charge in [-0.3, -0.25) is 0 Å². The SMILES string of the molecule is c1ccc(-c2nc3ccccc3c3c2cc(-c2cccc(-c4cc(-c5cc6ccccc6c6ccccc56)nc(-c5cc6ccccc6c6ccccc56)n4)c2)c2nsnc23)cc1. The van der Waals surface area contributed by atoms with Gasteiger partial charge in [-0.2, -0.15) is 8.75 Å². The monoisotopic (exact) mass is 819 g/mol. The van der Waals surface area contributed by atoms with Crippen molar-refractivity contribution in [1.29, 1.82) is 0 Å². The Balaban J connectivity index is 1.07. The lowest BCUT2D eigenvalue weighted by Gasteiger charge is -2.15. The Bertz CT molecular complexity index is 3850. The molecule has 0 N–H and O–H groups in total. The topological polar surface area (TPSA) is 64.5 Å². The van der Waals surface area contributed by atoms with E-state index in [1.54, 1.807) is 0 Å². The predicted molar refractivity (Wildman–Crippen MR) is 263 cm³/mol. The Hall–Kier alpha value is -8.19. The minimum atomic E-state index is 0.675. The molecule has 10 aromatic carbocycles. The lowest BCUT2D eigenvalue weighted by Crippen LogP contribution is -1.98. The number of aromatic nitrogens is 5. The van der Waals surface area contributed by atoms with Crippen molar-refractivity contribution in [1.82, 2.24) is 23.7 Å². The fourth-order valence-corrected chi connectivity index (χ4v) is 10.2. The fourth-order valence-electron chi connectivity index (χ4n) is 9.61. The van der Waals surface area contributed by atoms with Gasteiger partial charge in [-0.05, 0) is 85.1 Å². The Morgan fingerprint density at radius 3 is 1.62 bits per heavy atom. The molecule has 3 heterocycles. The molecule has 0 spiro atoms. The van der Waals surface area contributed by atoms with Crippen LogP contribution in [0.3, 0.4) is 0 Å². The summed E-state index contributed by atoms with van der Waals surface area (Å²) in [7, 11) is 0. The number of hydrogen-bond acceptors (Lipinski definition) is 6. The van der Waals surface area contributed by atoms with Crippen LogP contribution in [-0.2, 0) is 0 Å². The Morgan fingerprint density at radius 2 is 0.873 bits per heavy atom. The first-order valence-electron chi connectivity index (χ1n) is 21.1. The number of rotatable bonds is 5. The van der Waals surface area contributed by atoms with E-state index in [2.05, 4.69) is 188 Å². The summed E-state index contributed by atoms with van der Waals surface area (Å²) in [5.74, 6) is 0.675. The standard InChI is InChI=1S/C57H33N5S/c1-2-15-34(16-3-1)54-49-32-46(55-56(62-63-61-55)53(49)45-27-12-13-28-50(45)58-54)35-19-14-20-38(29-35)51-33-52(47-30-36-17-4-6-21-39(36)41-23-8-10-25-43(41)47)60-57(59-51)48-31-37-18-5-7-22-40(37)42-24-9-11-26-44(42)48/h1-33H. The third kappa shape index (κ3) is 5.73. The minimum Gasteiger partial charge on any atom is -0.247 e. The third-order valence-electron chi connectivity index (χ3n) is 12.5. The van der Waals surface area contributed by atoms with Crippen LogP contribution >= 0.6 is 11.7 Å². The lowest BCUT2D eigenvalue weighted by molar-refractivity contribution is 1.19. The molecule has 0 unspecified atom stereocenters. The third-order valence-corrected chi connectivity index (χ3v) is 13.0. The average molecular weight is 820 g/mol. The number of hydrogen-bond donors (Lipinski definition) is 0. The average Bonchev–Trinajstić information content (AvgIpc) is 3.86. The van der Waals surface area contributed by atoms with Gasteiger partial charge in [0.15, 0.2) is 5.82 Å². The van der Waals surface area contributed by atoms with E-state index in [0.717, 1.165) is 99.3 Å². The zero-order valence-electron chi connectivity index (χ0n) is 33.7. The van der Waals surface area contributed by atoms with Gasteiger partial charge >= 0.3 is 0 Å². The van der Waals surface area contributed by atoms with Gasteiger partial charge in [-0.1, -0.05) is 164 Å². The van der Waals surface area contributed by atoms with Gasteiger partial charge in [-0.15, -0.1) is 0 Å². The molecule has 13 aromatic rings. The molecule has 0 atom stereocenters. The van der Waals surface area contributed by atoms with Gasteiger partial charge in [0.05, 0.1) is 34.3 Å². The summed E-state index contributed by atoms with van der Waals surface area (Å²) in [6, 6.07) is 70.8. The van der Waals surface area contributed by atoms with E-state index in [1.807, 2.05) is 12.1 Å². The molecule has 5 nitrogen and oxygen atoms in total. The summed E-state index contributed by atoms with van der Waals surface area (Å²) >= 11 is 1.25. The maximum Gasteiger partial charge on any atom is 0.161 e. The molecule has 0 bridgehead atoms. The molecule has 0 aliphatic rings. The Kier molecular flexibility index (Phi) is 8.01. The highest BCUT2D eigenvalue weighted by atomic mass is 32.1. The molecule has 13 rings (SSSR count). The summed E-state index contributed by atoms with van der Waals surface area (Å²) in [6.07, 6.45) is 0. The van der Waals surface area contributed by atoms with E-state index in [9.17, 15) is 0 Å². The van der Waals surface area contributed by atoms with Gasteiger partial charge in [0.1, 0.15) is 11.0 Å². The van der Waals surface area contributed by atoms with Gasteiger partial charge in [-0.25, -0.2) is 15.0 Å². The smallest absolute Gasteiger partial charge is 0.161 e. The molecule has 0 fully saturated rings. The van der Waals surface area contributed by atoms with Crippen LogP contribution in [0.1, 0.15) is 0 Å². The van der Waals surface area contributed by atoms with Crippen molar-refractivity contribution < 1.29 is 0 Å². The Labute approximate surface area is 366 Å². The van der Waals surface area contributed by atoms with Crippen LogP contribution in [0.15, 0.2) is 200 Å². The summed E-state index contributed by atoms with van der Waals surface area (Å²) < 4.78 is 9.92. The van der Waals surface area contributed by atoms with E-state index >= 15 is 0 Å². The Morgan fingerprint density at radius 1 is 0.317 bits per heavy atom. The number of nitrogens with zero attached hydrogens (tertiary/aromatic N) is 5. The van der Waals surface area contributed by atoms with Crippen LogP contribution in [-0.4, -0.2) is 23.7 Å². The first kappa shape index (κ1) is 35.6. The molecule has 0 amide bonds. The molecule has 3 aromatic heterocycles. The first-order valence-corrected chi connectivity index (χ1v) is 21.8. The van der Waals surface area contributed by atoms with Crippen molar-refractivity contribution in [3.05, 3.63) is 200 Å². The number of fused-ring (bicyclic) bond motifs is 11. The van der Waals surface area contributed by atoms with Crippen molar-refractivity contribution in [2.75, 3.05) is 0 Å². The largest absolute Gasteiger partial charge is 0.247 e. The highest BCUT2D eigenvalue weighted by molar-refractivity contribution is 7.00. The molecule has 292 valence electrons. The van der Waals surface area contributed by atoms with E-state index in [-0.39, 0.29) is 0 Å². The van der Waals surface area contributed by atoms with Crippen LogP contribution < -0.4 is 0 Å². The van der Waals surface area contributed by atoms with E-state index in [0.29, 0.717) is 5.82 Å². The van der Waals surface area contributed by atoms with E-state index in [4.69, 9.17) is 23.7 Å². The summed E-state index contributed by atoms with van der Waals surface area (Å²) in [6.45, 7) is 0. The fraction of sp³-hybridized carbons (Fsp3) is 0. The van der Waals surface area contributed by atoms with Gasteiger partial charge in [0.25, 0.3) is 0 Å². The zero-order chi connectivity index (χ0) is 41.4. The van der Waals surface area contributed by atoms with E-state index < -0.39 is 0 Å². The second-order valence-electron chi connectivity index (χ2n) is 16.1. The zero-order valence-corrected chi connectivity index (χ0v) is 34.5. The van der Waals surface area contributed by atoms with Crippen LogP contribution in [0.4, 0.5) is 0 Å². The molecule has 6 heteroatoms. The van der Waals surface area contributed by atoms with Gasteiger partial charge in [0, 0.05) is 44.0 Å². The molecule has 0 aliphatic heterocycles. The van der Waals surface area contributed by atoms with Gasteiger partial charge in [0.2, 0.25) is 0 Å². The van der Waals surface area contributed by atoms with Crippen molar-refractivity contribution in [2.24, 2.45) is 0 Å². The number of benzene rings is 10. The molecular formula is C57H33N5S. The summed E-state index contributed by atoms with van der Waals surface area (Å²) in [5, 5.41) is 12.5. The van der Waals surface area contributed by atoms with Crippen LogP contribution in [0.2, 0.25) is 0 Å². The quantitative estimate of drug-likeness (QED) is 0.162. The maximum atomic E-state index is 5.49. The first-order chi connectivity index (χ1) is 31.2. The molecule has 0 saturated heterocycles. The van der Waals surface area contributed by atoms with Crippen molar-refractivity contribution in [3.8, 4) is 56.3 Å². The second kappa shape index (κ2) is 14.2. The molecule has 0 radical (unpaired) electrons. The van der Waals surface area contributed by atoms with Crippen molar-refractivity contribution >= 4 is 87.5 Å². The maximum absolute atomic E-state index is 5.49. The number of pyridine rings is 1. The lowest BCUT2D eigenvalue weighted by atomic mass is 9.92. The van der Waals surface area contributed by atoms with Crippen LogP contribution in [0.5, 0.6) is 0 Å². The predicted octanol–water partition coefficient (Wildman–Crippen LogP) is 15.1. The molecule has 0 saturated carbocycles. The highest BCUT2D eigenvalue weighted by Crippen LogP contribution is 2.43. The normalized spacial score (nSPS) is 11.8. The van der Waals surface area contributed by atoms with Crippen LogP contribution in [0, 0.1) is 0 Å². The second-order valence-corrected chi connectivity index (χ2v) is 16.6. The van der Waals surface area contributed by atoms with Crippen LogP contribution in [0.25, 0.3) is 132 Å². The van der Waals surface area contributed by atoms with E-state index in [1.165, 1.54) is 38.7 Å². The summed E-state index contributed by atoms with van der Waals surface area (Å²) in [5.41, 5.74) is 11.4. The molecular weight excluding hydrogens is 787 g/mol. The minimum absolute atomic E-state index is 0.675. The summed E-state index contributed by atoms with van der Waals surface area (Å²) in [4.78, 5) is 16.2. The molecule has 63 heavy (non-hydrogen) atoms.